The SMILES string of the molecule is CCc1cccc(OC2CC2)n1. The molecule has 12 heavy (non-hydrogen) atoms. The summed E-state index contributed by atoms with van der Waals surface area (Å²) in [5.74, 6) is 0.789. The van der Waals surface area contributed by atoms with Gasteiger partial charge in [-0.2, -0.15) is 0 Å². The van der Waals surface area contributed by atoms with Gasteiger partial charge in [-0.15, -0.1) is 0 Å². The number of pyridine rings is 1. The van der Waals surface area contributed by atoms with Gasteiger partial charge in [0, 0.05) is 11.8 Å². The average molecular weight is 163 g/mol. The van der Waals surface area contributed by atoms with E-state index < -0.39 is 0 Å². The summed E-state index contributed by atoms with van der Waals surface area (Å²) >= 11 is 0. The molecule has 0 amide bonds. The van der Waals surface area contributed by atoms with Crippen molar-refractivity contribution in [3.8, 4) is 5.88 Å². The highest BCUT2D eigenvalue weighted by molar-refractivity contribution is 5.16. The van der Waals surface area contributed by atoms with E-state index in [0.29, 0.717) is 6.10 Å². The standard InChI is InChI=1S/C10H13NO/c1-2-8-4-3-5-10(11-8)12-9-6-7-9/h3-5,9H,2,6-7H2,1H3. The van der Waals surface area contributed by atoms with Gasteiger partial charge in [-0.1, -0.05) is 13.0 Å². The van der Waals surface area contributed by atoms with Gasteiger partial charge in [0.2, 0.25) is 5.88 Å². The predicted octanol–water partition coefficient (Wildman–Crippen LogP) is 2.19. The first-order valence-corrected chi connectivity index (χ1v) is 4.51. The molecule has 1 aromatic heterocycles. The van der Waals surface area contributed by atoms with Crippen molar-refractivity contribution in [2.75, 3.05) is 0 Å². The number of ether oxygens (including phenoxy) is 1. The molecule has 0 saturated heterocycles. The van der Waals surface area contributed by atoms with Crippen LogP contribution >= 0.6 is 0 Å². The van der Waals surface area contributed by atoms with Gasteiger partial charge in [0.05, 0.1) is 0 Å². The number of hydrogen-bond acceptors (Lipinski definition) is 2. The Morgan fingerprint density at radius 1 is 1.50 bits per heavy atom. The average Bonchev–Trinajstić information content (AvgIpc) is 2.89. The number of aromatic nitrogens is 1. The maximum Gasteiger partial charge on any atom is 0.213 e. The Labute approximate surface area is 72.6 Å². The van der Waals surface area contributed by atoms with Crippen molar-refractivity contribution in [2.45, 2.75) is 32.3 Å². The minimum Gasteiger partial charge on any atom is -0.474 e. The first-order valence-electron chi connectivity index (χ1n) is 4.51. The van der Waals surface area contributed by atoms with E-state index in [1.54, 1.807) is 0 Å². The molecule has 0 N–H and O–H groups in total. The molecule has 64 valence electrons. The zero-order valence-corrected chi connectivity index (χ0v) is 7.29. The zero-order valence-electron chi connectivity index (χ0n) is 7.29. The van der Waals surface area contributed by atoms with Crippen molar-refractivity contribution in [1.82, 2.24) is 4.98 Å². The Morgan fingerprint density at radius 3 is 3.00 bits per heavy atom. The number of rotatable bonds is 3. The Balaban J connectivity index is 2.08. The van der Waals surface area contributed by atoms with Crippen LogP contribution in [0.3, 0.4) is 0 Å². The molecule has 1 aliphatic rings. The molecule has 1 saturated carbocycles. The maximum absolute atomic E-state index is 5.56. The summed E-state index contributed by atoms with van der Waals surface area (Å²) in [7, 11) is 0. The summed E-state index contributed by atoms with van der Waals surface area (Å²) in [6.07, 6.45) is 3.81. The van der Waals surface area contributed by atoms with E-state index in [4.69, 9.17) is 4.74 Å². The second-order valence-electron chi connectivity index (χ2n) is 3.14. The van der Waals surface area contributed by atoms with E-state index in [-0.39, 0.29) is 0 Å². The predicted molar refractivity (Wildman–Crippen MR) is 47.3 cm³/mol. The molecule has 1 fully saturated rings. The minimum atomic E-state index is 0.449. The molecule has 1 heterocycles. The summed E-state index contributed by atoms with van der Waals surface area (Å²) < 4.78 is 5.56. The van der Waals surface area contributed by atoms with E-state index in [9.17, 15) is 0 Å². The lowest BCUT2D eigenvalue weighted by Crippen LogP contribution is -1.99. The molecule has 0 aromatic carbocycles. The molecule has 0 unspecified atom stereocenters. The first-order chi connectivity index (χ1) is 5.88. The number of nitrogens with zero attached hydrogens (tertiary/aromatic N) is 1. The molecule has 0 bridgehead atoms. The highest BCUT2D eigenvalue weighted by atomic mass is 16.5. The molecule has 0 spiro atoms. The van der Waals surface area contributed by atoms with Crippen molar-refractivity contribution >= 4 is 0 Å². The number of hydrogen-bond donors (Lipinski definition) is 0. The third-order valence-corrected chi connectivity index (χ3v) is 1.96. The van der Waals surface area contributed by atoms with Crippen LogP contribution in [-0.4, -0.2) is 11.1 Å². The van der Waals surface area contributed by atoms with E-state index >= 15 is 0 Å². The lowest BCUT2D eigenvalue weighted by molar-refractivity contribution is 0.290. The molecule has 0 atom stereocenters. The smallest absolute Gasteiger partial charge is 0.213 e. The summed E-state index contributed by atoms with van der Waals surface area (Å²) in [6.45, 7) is 2.10. The molecule has 1 aromatic rings. The minimum absolute atomic E-state index is 0.449. The normalized spacial score (nSPS) is 16.1. The Morgan fingerprint density at radius 2 is 2.33 bits per heavy atom. The Hall–Kier alpha value is -1.05. The van der Waals surface area contributed by atoms with Gasteiger partial charge in [0.1, 0.15) is 6.10 Å². The van der Waals surface area contributed by atoms with Crippen LogP contribution in [0, 0.1) is 0 Å². The van der Waals surface area contributed by atoms with Gasteiger partial charge < -0.3 is 4.74 Å². The molecule has 2 rings (SSSR count). The summed E-state index contributed by atoms with van der Waals surface area (Å²) in [6, 6.07) is 5.96. The topological polar surface area (TPSA) is 22.1 Å². The summed E-state index contributed by atoms with van der Waals surface area (Å²) in [4.78, 5) is 4.35. The summed E-state index contributed by atoms with van der Waals surface area (Å²) in [5.41, 5.74) is 1.10. The van der Waals surface area contributed by atoms with Gasteiger partial charge in [0.15, 0.2) is 0 Å². The second-order valence-corrected chi connectivity index (χ2v) is 3.14. The van der Waals surface area contributed by atoms with E-state index in [1.165, 1.54) is 12.8 Å². The third-order valence-electron chi connectivity index (χ3n) is 1.96. The quantitative estimate of drug-likeness (QED) is 0.681. The van der Waals surface area contributed by atoms with Gasteiger partial charge in [0.25, 0.3) is 0 Å². The van der Waals surface area contributed by atoms with Gasteiger partial charge in [-0.25, -0.2) is 4.98 Å². The van der Waals surface area contributed by atoms with Crippen LogP contribution < -0.4 is 4.74 Å². The first kappa shape index (κ1) is 7.59. The highest BCUT2D eigenvalue weighted by Gasteiger charge is 2.23. The maximum atomic E-state index is 5.56. The van der Waals surface area contributed by atoms with E-state index in [0.717, 1.165) is 18.0 Å². The largest absolute Gasteiger partial charge is 0.474 e. The van der Waals surface area contributed by atoms with Crippen molar-refractivity contribution in [3.63, 3.8) is 0 Å². The van der Waals surface area contributed by atoms with Crippen LogP contribution in [0.2, 0.25) is 0 Å². The van der Waals surface area contributed by atoms with Crippen molar-refractivity contribution in [1.29, 1.82) is 0 Å². The molecular formula is C10H13NO. The fraction of sp³-hybridized carbons (Fsp3) is 0.500. The molecule has 2 heteroatoms. The fourth-order valence-corrected chi connectivity index (χ4v) is 1.08. The lowest BCUT2D eigenvalue weighted by Gasteiger charge is -2.03. The number of aryl methyl sites for hydroxylation is 1. The molecular weight excluding hydrogens is 150 g/mol. The van der Waals surface area contributed by atoms with E-state index in [1.807, 2.05) is 18.2 Å². The molecule has 1 aliphatic carbocycles. The summed E-state index contributed by atoms with van der Waals surface area (Å²) in [5, 5.41) is 0. The lowest BCUT2D eigenvalue weighted by atomic mass is 10.3. The zero-order chi connectivity index (χ0) is 8.39. The molecule has 0 aliphatic heterocycles. The van der Waals surface area contributed by atoms with Crippen LogP contribution in [0.5, 0.6) is 5.88 Å². The Kier molecular flexibility index (Phi) is 1.98. The third kappa shape index (κ3) is 1.76. The molecule has 2 nitrogen and oxygen atoms in total. The second kappa shape index (κ2) is 3.13. The highest BCUT2D eigenvalue weighted by Crippen LogP contribution is 2.25. The van der Waals surface area contributed by atoms with Crippen LogP contribution in [-0.2, 0) is 6.42 Å². The van der Waals surface area contributed by atoms with Crippen LogP contribution in [0.4, 0.5) is 0 Å². The Bertz CT molecular complexity index is 268. The van der Waals surface area contributed by atoms with Gasteiger partial charge >= 0.3 is 0 Å². The van der Waals surface area contributed by atoms with Crippen molar-refractivity contribution in [3.05, 3.63) is 23.9 Å². The van der Waals surface area contributed by atoms with Crippen molar-refractivity contribution < 1.29 is 4.74 Å². The van der Waals surface area contributed by atoms with E-state index in [2.05, 4.69) is 11.9 Å². The molecule has 0 radical (unpaired) electrons. The monoisotopic (exact) mass is 163 g/mol. The van der Waals surface area contributed by atoms with Crippen LogP contribution in [0.25, 0.3) is 0 Å². The van der Waals surface area contributed by atoms with Gasteiger partial charge in [-0.05, 0) is 25.3 Å². The van der Waals surface area contributed by atoms with Gasteiger partial charge in [-0.3, -0.25) is 0 Å². The van der Waals surface area contributed by atoms with Crippen LogP contribution in [0.15, 0.2) is 18.2 Å². The van der Waals surface area contributed by atoms with Crippen LogP contribution in [0.1, 0.15) is 25.5 Å². The fourth-order valence-electron chi connectivity index (χ4n) is 1.08. The van der Waals surface area contributed by atoms with Crippen molar-refractivity contribution in [2.24, 2.45) is 0 Å².